The van der Waals surface area contributed by atoms with E-state index in [4.69, 9.17) is 4.74 Å². The number of benzene rings is 1. The SMILES string of the molecule is CCCC(OC)C(O)c1ccc(C(C)(C)C)cc1. The second kappa shape index (κ2) is 6.35. The molecule has 102 valence electrons. The van der Waals surface area contributed by atoms with Gasteiger partial charge in [0.2, 0.25) is 0 Å². The van der Waals surface area contributed by atoms with Crippen LogP contribution < -0.4 is 0 Å². The number of ether oxygens (including phenoxy) is 1. The minimum absolute atomic E-state index is 0.115. The van der Waals surface area contributed by atoms with E-state index in [0.717, 1.165) is 18.4 Å². The number of aliphatic hydroxyl groups excluding tert-OH is 1. The first kappa shape index (κ1) is 15.2. The highest BCUT2D eigenvalue weighted by Crippen LogP contribution is 2.26. The number of hydrogen-bond acceptors (Lipinski definition) is 2. The molecule has 0 fully saturated rings. The lowest BCUT2D eigenvalue weighted by atomic mass is 9.86. The van der Waals surface area contributed by atoms with E-state index in [-0.39, 0.29) is 11.5 Å². The van der Waals surface area contributed by atoms with Crippen molar-refractivity contribution in [3.05, 3.63) is 35.4 Å². The van der Waals surface area contributed by atoms with Crippen LogP contribution in [0.5, 0.6) is 0 Å². The highest BCUT2D eigenvalue weighted by atomic mass is 16.5. The molecule has 18 heavy (non-hydrogen) atoms. The normalized spacial score (nSPS) is 15.4. The van der Waals surface area contributed by atoms with Crippen LogP contribution in [-0.2, 0) is 10.2 Å². The maximum atomic E-state index is 10.3. The van der Waals surface area contributed by atoms with Crippen LogP contribution >= 0.6 is 0 Å². The van der Waals surface area contributed by atoms with E-state index in [1.807, 2.05) is 12.1 Å². The fourth-order valence-electron chi connectivity index (χ4n) is 2.08. The first-order valence-corrected chi connectivity index (χ1v) is 6.71. The molecule has 0 aliphatic heterocycles. The van der Waals surface area contributed by atoms with Gasteiger partial charge in [0.25, 0.3) is 0 Å². The van der Waals surface area contributed by atoms with Crippen molar-refractivity contribution in [1.29, 1.82) is 0 Å². The quantitative estimate of drug-likeness (QED) is 0.860. The lowest BCUT2D eigenvalue weighted by Gasteiger charge is -2.23. The summed E-state index contributed by atoms with van der Waals surface area (Å²) in [5.74, 6) is 0. The molecule has 1 aromatic carbocycles. The maximum Gasteiger partial charge on any atom is 0.105 e. The molecule has 0 heterocycles. The minimum atomic E-state index is -0.538. The van der Waals surface area contributed by atoms with E-state index in [2.05, 4.69) is 39.8 Å². The van der Waals surface area contributed by atoms with Crippen molar-refractivity contribution >= 4 is 0 Å². The molecule has 2 unspecified atom stereocenters. The lowest BCUT2D eigenvalue weighted by molar-refractivity contribution is -0.0179. The number of rotatable bonds is 5. The Kier molecular flexibility index (Phi) is 5.36. The third-order valence-electron chi connectivity index (χ3n) is 3.35. The van der Waals surface area contributed by atoms with Gasteiger partial charge in [-0.1, -0.05) is 58.4 Å². The average Bonchev–Trinajstić information content (AvgIpc) is 2.34. The molecule has 0 aliphatic carbocycles. The lowest BCUT2D eigenvalue weighted by Crippen LogP contribution is -2.21. The zero-order valence-corrected chi connectivity index (χ0v) is 12.2. The molecule has 0 aliphatic rings. The Balaban J connectivity index is 2.84. The van der Waals surface area contributed by atoms with E-state index >= 15 is 0 Å². The summed E-state index contributed by atoms with van der Waals surface area (Å²) in [6.07, 6.45) is 1.23. The smallest absolute Gasteiger partial charge is 0.105 e. The standard InChI is InChI=1S/C16H26O2/c1-6-7-14(18-5)15(17)12-8-10-13(11-9-12)16(2,3)4/h8-11,14-15,17H,6-7H2,1-5H3. The van der Waals surface area contributed by atoms with Crippen molar-refractivity contribution in [1.82, 2.24) is 0 Å². The van der Waals surface area contributed by atoms with Gasteiger partial charge < -0.3 is 9.84 Å². The Morgan fingerprint density at radius 3 is 2.11 bits per heavy atom. The predicted molar refractivity (Wildman–Crippen MR) is 75.8 cm³/mol. The summed E-state index contributed by atoms with van der Waals surface area (Å²) in [6.45, 7) is 8.66. The van der Waals surface area contributed by atoms with Crippen LogP contribution in [0.2, 0.25) is 0 Å². The predicted octanol–water partition coefficient (Wildman–Crippen LogP) is 3.83. The number of hydrogen-bond donors (Lipinski definition) is 1. The zero-order valence-electron chi connectivity index (χ0n) is 12.2. The molecule has 2 heteroatoms. The Morgan fingerprint density at radius 2 is 1.72 bits per heavy atom. The van der Waals surface area contributed by atoms with Gasteiger partial charge in [-0.15, -0.1) is 0 Å². The van der Waals surface area contributed by atoms with E-state index in [9.17, 15) is 5.11 Å². The second-order valence-electron chi connectivity index (χ2n) is 5.88. The molecular formula is C16H26O2. The molecule has 0 aromatic heterocycles. The third kappa shape index (κ3) is 3.82. The molecule has 1 aromatic rings. The van der Waals surface area contributed by atoms with Crippen molar-refractivity contribution < 1.29 is 9.84 Å². The molecule has 0 saturated heterocycles. The minimum Gasteiger partial charge on any atom is -0.386 e. The van der Waals surface area contributed by atoms with Gasteiger partial charge in [0.15, 0.2) is 0 Å². The zero-order chi connectivity index (χ0) is 13.8. The van der Waals surface area contributed by atoms with Crippen LogP contribution in [0.1, 0.15) is 57.8 Å². The largest absolute Gasteiger partial charge is 0.386 e. The van der Waals surface area contributed by atoms with Crippen LogP contribution in [0.3, 0.4) is 0 Å². The van der Waals surface area contributed by atoms with Crippen molar-refractivity contribution in [3.8, 4) is 0 Å². The summed E-state index contributed by atoms with van der Waals surface area (Å²) in [7, 11) is 1.66. The van der Waals surface area contributed by atoms with Gasteiger partial charge in [0.05, 0.1) is 6.10 Å². The molecule has 0 bridgehead atoms. The van der Waals surface area contributed by atoms with Gasteiger partial charge in [-0.05, 0) is 23.0 Å². The maximum absolute atomic E-state index is 10.3. The van der Waals surface area contributed by atoms with E-state index < -0.39 is 6.10 Å². The summed E-state index contributed by atoms with van der Waals surface area (Å²) < 4.78 is 5.35. The van der Waals surface area contributed by atoms with Crippen LogP contribution in [0.15, 0.2) is 24.3 Å². The molecule has 1 rings (SSSR count). The highest BCUT2D eigenvalue weighted by Gasteiger charge is 2.20. The van der Waals surface area contributed by atoms with Crippen LogP contribution in [0.4, 0.5) is 0 Å². The van der Waals surface area contributed by atoms with Gasteiger partial charge in [-0.2, -0.15) is 0 Å². The van der Waals surface area contributed by atoms with E-state index in [1.54, 1.807) is 7.11 Å². The van der Waals surface area contributed by atoms with Gasteiger partial charge in [0.1, 0.15) is 6.10 Å². The first-order valence-electron chi connectivity index (χ1n) is 6.71. The van der Waals surface area contributed by atoms with Gasteiger partial charge >= 0.3 is 0 Å². The number of methoxy groups -OCH3 is 1. The summed E-state index contributed by atoms with van der Waals surface area (Å²) in [4.78, 5) is 0. The van der Waals surface area contributed by atoms with Gasteiger partial charge in [-0.3, -0.25) is 0 Å². The van der Waals surface area contributed by atoms with Gasteiger partial charge in [0, 0.05) is 7.11 Å². The molecule has 0 spiro atoms. The van der Waals surface area contributed by atoms with E-state index in [1.165, 1.54) is 5.56 Å². The third-order valence-corrected chi connectivity index (χ3v) is 3.35. The Morgan fingerprint density at radius 1 is 1.17 bits per heavy atom. The summed E-state index contributed by atoms with van der Waals surface area (Å²) in [5.41, 5.74) is 2.36. The molecule has 0 amide bonds. The molecule has 2 nitrogen and oxygen atoms in total. The van der Waals surface area contributed by atoms with Crippen molar-refractivity contribution in [2.75, 3.05) is 7.11 Å². The Labute approximate surface area is 111 Å². The second-order valence-corrected chi connectivity index (χ2v) is 5.88. The number of aliphatic hydroxyl groups is 1. The topological polar surface area (TPSA) is 29.5 Å². The van der Waals surface area contributed by atoms with Crippen molar-refractivity contribution in [2.24, 2.45) is 0 Å². The summed E-state index contributed by atoms with van der Waals surface area (Å²) in [5, 5.41) is 10.3. The molecular weight excluding hydrogens is 224 g/mol. The monoisotopic (exact) mass is 250 g/mol. The first-order chi connectivity index (χ1) is 8.40. The van der Waals surface area contributed by atoms with Crippen molar-refractivity contribution in [2.45, 2.75) is 58.2 Å². The molecule has 0 radical (unpaired) electrons. The van der Waals surface area contributed by atoms with Crippen LogP contribution in [0, 0.1) is 0 Å². The molecule has 1 N–H and O–H groups in total. The van der Waals surface area contributed by atoms with Crippen LogP contribution in [0.25, 0.3) is 0 Å². The molecule has 0 saturated carbocycles. The van der Waals surface area contributed by atoms with E-state index in [0.29, 0.717) is 0 Å². The molecule has 2 atom stereocenters. The fraction of sp³-hybridized carbons (Fsp3) is 0.625. The highest BCUT2D eigenvalue weighted by molar-refractivity contribution is 5.29. The van der Waals surface area contributed by atoms with Crippen LogP contribution in [-0.4, -0.2) is 18.3 Å². The van der Waals surface area contributed by atoms with Gasteiger partial charge in [-0.25, -0.2) is 0 Å². The fourth-order valence-corrected chi connectivity index (χ4v) is 2.08. The Hall–Kier alpha value is -0.860. The average molecular weight is 250 g/mol. The van der Waals surface area contributed by atoms with Crippen molar-refractivity contribution in [3.63, 3.8) is 0 Å². The Bertz CT molecular complexity index is 348. The summed E-state index contributed by atoms with van der Waals surface area (Å²) >= 11 is 0. The summed E-state index contributed by atoms with van der Waals surface area (Å²) in [6, 6.07) is 8.20.